The van der Waals surface area contributed by atoms with E-state index in [9.17, 15) is 4.79 Å². The number of carbonyl (C=O) groups is 1. The molecule has 0 aliphatic carbocycles. The van der Waals surface area contributed by atoms with Gasteiger partial charge in [0.1, 0.15) is 0 Å². The van der Waals surface area contributed by atoms with Gasteiger partial charge in [0.25, 0.3) is 0 Å². The number of nitrogens with zero attached hydrogens (tertiary/aromatic N) is 3. The molecule has 28 heavy (non-hydrogen) atoms. The number of aryl methyl sites for hydroxylation is 1. The Morgan fingerprint density at radius 3 is 2.68 bits per heavy atom. The maximum Gasteiger partial charge on any atom is 0.227 e. The van der Waals surface area contributed by atoms with Gasteiger partial charge in [0, 0.05) is 37.5 Å². The summed E-state index contributed by atoms with van der Waals surface area (Å²) in [5.74, 6) is 2.31. The molecule has 0 saturated carbocycles. The largest absolute Gasteiger partial charge is 0.339 e. The normalized spacial score (nSPS) is 19.5. The van der Waals surface area contributed by atoms with Crippen molar-refractivity contribution in [3.63, 3.8) is 0 Å². The molecule has 3 rings (SSSR count). The number of hydrogen-bond acceptors (Lipinski definition) is 5. The third-order valence-corrected chi connectivity index (χ3v) is 5.43. The fourth-order valence-corrected chi connectivity index (χ4v) is 3.65. The number of nitrogens with two attached hydrogens (primary N) is 1. The second-order valence-electron chi connectivity index (χ2n) is 7.89. The monoisotopic (exact) mass is 406 g/mol. The van der Waals surface area contributed by atoms with Crippen LogP contribution >= 0.6 is 12.4 Å². The van der Waals surface area contributed by atoms with Gasteiger partial charge in [-0.05, 0) is 30.2 Å². The van der Waals surface area contributed by atoms with Crippen LogP contribution in [0.25, 0.3) is 11.4 Å². The van der Waals surface area contributed by atoms with E-state index in [-0.39, 0.29) is 24.4 Å². The second-order valence-corrected chi connectivity index (χ2v) is 7.89. The van der Waals surface area contributed by atoms with E-state index in [4.69, 9.17) is 10.3 Å². The molecule has 7 heteroatoms. The summed E-state index contributed by atoms with van der Waals surface area (Å²) in [6.45, 7) is 7.86. The van der Waals surface area contributed by atoms with Crippen LogP contribution in [-0.4, -0.2) is 40.1 Å². The van der Waals surface area contributed by atoms with Crippen LogP contribution in [0.15, 0.2) is 28.8 Å². The van der Waals surface area contributed by atoms with Crippen molar-refractivity contribution < 1.29 is 9.32 Å². The van der Waals surface area contributed by atoms with Gasteiger partial charge in [-0.15, -0.1) is 12.4 Å². The lowest BCUT2D eigenvalue weighted by Gasteiger charge is -2.38. The number of piperidine rings is 1. The van der Waals surface area contributed by atoms with Crippen LogP contribution in [0.1, 0.15) is 57.4 Å². The molecule has 2 N–H and O–H groups in total. The number of aromatic nitrogens is 2. The van der Waals surface area contributed by atoms with Gasteiger partial charge >= 0.3 is 0 Å². The number of benzene rings is 1. The molecule has 1 aliphatic rings. The molecule has 1 fully saturated rings. The summed E-state index contributed by atoms with van der Waals surface area (Å²) in [6, 6.07) is 8.35. The summed E-state index contributed by atoms with van der Waals surface area (Å²) in [6.07, 6.45) is 2.86. The van der Waals surface area contributed by atoms with Gasteiger partial charge < -0.3 is 15.2 Å². The van der Waals surface area contributed by atoms with E-state index >= 15 is 0 Å². The second kappa shape index (κ2) is 10.0. The topological polar surface area (TPSA) is 85.2 Å². The Bertz CT molecular complexity index is 760. The van der Waals surface area contributed by atoms with Crippen LogP contribution in [0.4, 0.5) is 0 Å². The Morgan fingerprint density at radius 1 is 1.32 bits per heavy atom. The third kappa shape index (κ3) is 5.32. The summed E-state index contributed by atoms with van der Waals surface area (Å²) in [5, 5.41) is 4.06. The summed E-state index contributed by atoms with van der Waals surface area (Å²) in [7, 11) is 0. The summed E-state index contributed by atoms with van der Waals surface area (Å²) < 4.78 is 5.35. The van der Waals surface area contributed by atoms with E-state index < -0.39 is 0 Å². The zero-order chi connectivity index (χ0) is 19.4. The van der Waals surface area contributed by atoms with Gasteiger partial charge in [0.05, 0.1) is 0 Å². The van der Waals surface area contributed by atoms with Crippen molar-refractivity contribution in [1.29, 1.82) is 0 Å². The first-order valence-electron chi connectivity index (χ1n) is 9.90. The first kappa shape index (κ1) is 22.4. The van der Waals surface area contributed by atoms with Gasteiger partial charge in [0.2, 0.25) is 17.6 Å². The van der Waals surface area contributed by atoms with Crippen molar-refractivity contribution in [2.24, 2.45) is 11.7 Å². The molecule has 0 spiro atoms. The number of halogens is 1. The fourth-order valence-electron chi connectivity index (χ4n) is 3.65. The maximum atomic E-state index is 12.6. The maximum absolute atomic E-state index is 12.6. The van der Waals surface area contributed by atoms with Gasteiger partial charge in [-0.1, -0.05) is 50.2 Å². The summed E-state index contributed by atoms with van der Waals surface area (Å²) in [4.78, 5) is 19.0. The molecule has 1 aliphatic heterocycles. The summed E-state index contributed by atoms with van der Waals surface area (Å²) >= 11 is 0. The highest BCUT2D eigenvalue weighted by Crippen LogP contribution is 2.23. The molecule has 1 aromatic heterocycles. The van der Waals surface area contributed by atoms with E-state index in [1.807, 2.05) is 17.0 Å². The fraction of sp³-hybridized carbons (Fsp3) is 0.571. The lowest BCUT2D eigenvalue weighted by atomic mass is 9.92. The Balaban J connectivity index is 0.00000280. The Kier molecular flexibility index (Phi) is 8.01. The molecule has 2 heterocycles. The smallest absolute Gasteiger partial charge is 0.227 e. The predicted octanol–water partition coefficient (Wildman–Crippen LogP) is 3.80. The highest BCUT2D eigenvalue weighted by molar-refractivity contribution is 5.85. The van der Waals surface area contributed by atoms with Gasteiger partial charge in [-0.3, -0.25) is 4.79 Å². The van der Waals surface area contributed by atoms with Crippen LogP contribution in [0, 0.1) is 5.92 Å². The number of likely N-dealkylation sites (tertiary alicyclic amines) is 1. The van der Waals surface area contributed by atoms with Gasteiger partial charge in [-0.25, -0.2) is 0 Å². The average Bonchev–Trinajstić information content (AvgIpc) is 3.15. The van der Waals surface area contributed by atoms with Gasteiger partial charge in [0.15, 0.2) is 0 Å². The van der Waals surface area contributed by atoms with Crippen molar-refractivity contribution in [3.05, 3.63) is 35.7 Å². The van der Waals surface area contributed by atoms with Crippen molar-refractivity contribution in [1.82, 2.24) is 15.0 Å². The van der Waals surface area contributed by atoms with Crippen LogP contribution < -0.4 is 5.73 Å². The van der Waals surface area contributed by atoms with Crippen LogP contribution in [-0.2, 0) is 11.2 Å². The van der Waals surface area contributed by atoms with E-state index in [1.165, 1.54) is 5.56 Å². The predicted molar refractivity (Wildman–Crippen MR) is 112 cm³/mol. The first-order chi connectivity index (χ1) is 13.0. The molecule has 0 radical (unpaired) electrons. The quantitative estimate of drug-likeness (QED) is 0.788. The van der Waals surface area contributed by atoms with Gasteiger partial charge in [-0.2, -0.15) is 4.98 Å². The minimum absolute atomic E-state index is 0. The van der Waals surface area contributed by atoms with Crippen molar-refractivity contribution in [2.45, 2.75) is 58.4 Å². The summed E-state index contributed by atoms with van der Waals surface area (Å²) in [5.41, 5.74) is 8.06. The highest BCUT2D eigenvalue weighted by atomic mass is 35.5. The molecule has 1 amide bonds. The van der Waals surface area contributed by atoms with E-state index in [0.29, 0.717) is 42.9 Å². The standard InChI is InChI=1S/C21H30N4O2.ClH/c1-14(2)16-4-6-17(7-5-16)21-23-19(27-24-21)8-9-20(26)25-11-10-15(3)12-18(25)13-22;/h4-7,14-15,18H,8-13,22H2,1-3H3;1H. The molecule has 6 nitrogen and oxygen atoms in total. The Hall–Kier alpha value is -1.92. The zero-order valence-corrected chi connectivity index (χ0v) is 17.7. The molecular formula is C21H31ClN4O2. The molecule has 2 aromatic rings. The third-order valence-electron chi connectivity index (χ3n) is 5.43. The Morgan fingerprint density at radius 2 is 2.04 bits per heavy atom. The van der Waals surface area contributed by atoms with Crippen LogP contribution in [0.2, 0.25) is 0 Å². The van der Waals surface area contributed by atoms with Crippen molar-refractivity contribution in [3.8, 4) is 11.4 Å². The van der Waals surface area contributed by atoms with Crippen molar-refractivity contribution in [2.75, 3.05) is 13.1 Å². The average molecular weight is 407 g/mol. The number of carbonyl (C=O) groups excluding carboxylic acids is 1. The van der Waals surface area contributed by atoms with Crippen molar-refractivity contribution >= 4 is 18.3 Å². The van der Waals surface area contributed by atoms with E-state index in [2.05, 4.69) is 43.0 Å². The van der Waals surface area contributed by atoms with Crippen LogP contribution in [0.5, 0.6) is 0 Å². The molecule has 1 saturated heterocycles. The minimum Gasteiger partial charge on any atom is -0.339 e. The molecule has 0 bridgehead atoms. The SMILES string of the molecule is CC1CCN(C(=O)CCc2nc(-c3ccc(C(C)C)cc3)no2)C(CN)C1.Cl. The molecule has 1 aromatic carbocycles. The number of rotatable bonds is 6. The molecule has 154 valence electrons. The number of hydrogen-bond donors (Lipinski definition) is 1. The molecule has 2 atom stereocenters. The van der Waals surface area contributed by atoms with E-state index in [0.717, 1.165) is 24.9 Å². The molecule has 2 unspecified atom stereocenters. The highest BCUT2D eigenvalue weighted by Gasteiger charge is 2.28. The lowest BCUT2D eigenvalue weighted by molar-refractivity contribution is -0.135. The number of amides is 1. The Labute approximate surface area is 173 Å². The molecular weight excluding hydrogens is 376 g/mol. The van der Waals surface area contributed by atoms with E-state index in [1.54, 1.807) is 0 Å². The lowest BCUT2D eigenvalue weighted by Crippen LogP contribution is -2.49. The minimum atomic E-state index is 0. The first-order valence-corrected chi connectivity index (χ1v) is 9.90. The zero-order valence-electron chi connectivity index (χ0n) is 16.9. The van der Waals surface area contributed by atoms with Crippen LogP contribution in [0.3, 0.4) is 0 Å².